The van der Waals surface area contributed by atoms with Crippen molar-refractivity contribution in [1.82, 2.24) is 9.97 Å². The fourth-order valence-corrected chi connectivity index (χ4v) is 4.29. The highest BCUT2D eigenvalue weighted by Gasteiger charge is 2.22. The van der Waals surface area contributed by atoms with Gasteiger partial charge in [-0.1, -0.05) is 25.1 Å². The molecule has 0 bridgehead atoms. The molecular formula is C25H31N3O3. The molecule has 6 nitrogen and oxygen atoms in total. The third kappa shape index (κ3) is 5.43. The summed E-state index contributed by atoms with van der Waals surface area (Å²) in [5.74, 6) is 1.34. The van der Waals surface area contributed by atoms with Crippen LogP contribution in [0.1, 0.15) is 50.2 Å². The standard InChI is InChI=1S/C25H31N3O3/c1-2-18-15-26-25(27-16-18)28-13-11-19(12-14-28)17-31-23-9-7-21(8-10-23)20-3-5-22(6-4-20)24(29)30/h3,7-10,15-16,19,22H,2,4-6,11-14,17H2,1H3,(H,29,30). The fraction of sp³-hybridized carbons (Fsp3) is 0.480. The van der Waals surface area contributed by atoms with Crippen molar-refractivity contribution in [3.63, 3.8) is 0 Å². The molecule has 1 aromatic heterocycles. The number of hydrogen-bond donors (Lipinski definition) is 1. The van der Waals surface area contributed by atoms with Crippen molar-refractivity contribution in [2.24, 2.45) is 11.8 Å². The Labute approximate surface area is 184 Å². The molecule has 1 aliphatic heterocycles. The molecule has 1 atom stereocenters. The van der Waals surface area contributed by atoms with E-state index in [9.17, 15) is 4.79 Å². The van der Waals surface area contributed by atoms with Crippen LogP contribution in [-0.2, 0) is 11.2 Å². The summed E-state index contributed by atoms with van der Waals surface area (Å²) in [7, 11) is 0. The lowest BCUT2D eigenvalue weighted by Gasteiger charge is -2.31. The number of piperidine rings is 1. The van der Waals surface area contributed by atoms with Crippen LogP contribution in [0, 0.1) is 11.8 Å². The topological polar surface area (TPSA) is 75.6 Å². The quantitative estimate of drug-likeness (QED) is 0.704. The summed E-state index contributed by atoms with van der Waals surface area (Å²) in [6, 6.07) is 8.22. The van der Waals surface area contributed by atoms with Gasteiger partial charge in [-0.15, -0.1) is 0 Å². The molecule has 0 amide bonds. The van der Waals surface area contributed by atoms with Crippen LogP contribution in [0.2, 0.25) is 0 Å². The van der Waals surface area contributed by atoms with E-state index in [1.807, 2.05) is 24.5 Å². The second-order valence-corrected chi connectivity index (χ2v) is 8.55. The second-order valence-electron chi connectivity index (χ2n) is 8.55. The largest absolute Gasteiger partial charge is 0.493 e. The van der Waals surface area contributed by atoms with E-state index >= 15 is 0 Å². The van der Waals surface area contributed by atoms with E-state index in [4.69, 9.17) is 9.84 Å². The van der Waals surface area contributed by atoms with Crippen molar-refractivity contribution < 1.29 is 14.6 Å². The Morgan fingerprint density at radius 2 is 1.84 bits per heavy atom. The average Bonchev–Trinajstić information content (AvgIpc) is 2.83. The molecule has 0 radical (unpaired) electrons. The van der Waals surface area contributed by atoms with E-state index in [2.05, 4.69) is 40.0 Å². The van der Waals surface area contributed by atoms with E-state index in [1.54, 1.807) is 0 Å². The molecule has 1 aromatic carbocycles. The summed E-state index contributed by atoms with van der Waals surface area (Å²) < 4.78 is 6.06. The van der Waals surface area contributed by atoms with Gasteiger partial charge in [0.15, 0.2) is 0 Å². The lowest BCUT2D eigenvalue weighted by molar-refractivity contribution is -0.141. The Morgan fingerprint density at radius 1 is 1.13 bits per heavy atom. The van der Waals surface area contributed by atoms with Crippen molar-refractivity contribution in [3.8, 4) is 5.75 Å². The Kier molecular flexibility index (Phi) is 6.85. The van der Waals surface area contributed by atoms with Crippen LogP contribution in [-0.4, -0.2) is 40.7 Å². The Balaban J connectivity index is 1.23. The summed E-state index contributed by atoms with van der Waals surface area (Å²) in [5.41, 5.74) is 3.58. The van der Waals surface area contributed by atoms with Crippen LogP contribution >= 0.6 is 0 Å². The van der Waals surface area contributed by atoms with Crippen molar-refractivity contribution >= 4 is 17.5 Å². The molecule has 31 heavy (non-hydrogen) atoms. The van der Waals surface area contributed by atoms with Gasteiger partial charge in [0.1, 0.15) is 5.75 Å². The molecule has 1 saturated heterocycles. The summed E-state index contributed by atoms with van der Waals surface area (Å²) in [6.45, 7) is 4.76. The zero-order valence-electron chi connectivity index (χ0n) is 18.2. The van der Waals surface area contributed by atoms with E-state index in [0.717, 1.165) is 57.1 Å². The van der Waals surface area contributed by atoms with Gasteiger partial charge in [0, 0.05) is 25.5 Å². The number of ether oxygens (including phenoxy) is 1. The summed E-state index contributed by atoms with van der Waals surface area (Å²) in [5, 5.41) is 9.14. The second kappa shape index (κ2) is 9.94. The lowest BCUT2D eigenvalue weighted by Crippen LogP contribution is -2.36. The van der Waals surface area contributed by atoms with Gasteiger partial charge >= 0.3 is 5.97 Å². The highest BCUT2D eigenvalue weighted by Crippen LogP contribution is 2.31. The van der Waals surface area contributed by atoms with Crippen molar-refractivity contribution in [3.05, 3.63) is 53.9 Å². The van der Waals surface area contributed by atoms with Gasteiger partial charge in [-0.3, -0.25) is 4.79 Å². The first-order valence-corrected chi connectivity index (χ1v) is 11.3. The fourth-order valence-electron chi connectivity index (χ4n) is 4.29. The lowest BCUT2D eigenvalue weighted by atomic mass is 9.87. The van der Waals surface area contributed by atoms with Gasteiger partial charge in [0.25, 0.3) is 0 Å². The first kappa shape index (κ1) is 21.3. The predicted octanol–water partition coefficient (Wildman–Crippen LogP) is 4.60. The zero-order valence-corrected chi connectivity index (χ0v) is 18.2. The molecule has 164 valence electrons. The maximum Gasteiger partial charge on any atom is 0.306 e. The van der Waals surface area contributed by atoms with Gasteiger partial charge in [-0.05, 0) is 73.3 Å². The van der Waals surface area contributed by atoms with Crippen LogP contribution in [0.4, 0.5) is 5.95 Å². The number of carboxylic acid groups (broad SMARTS) is 1. The molecule has 1 aliphatic carbocycles. The van der Waals surface area contributed by atoms with E-state index < -0.39 is 5.97 Å². The SMILES string of the molecule is CCc1cnc(N2CCC(COc3ccc(C4=CCC(C(=O)O)CC4)cc3)CC2)nc1. The number of carbonyl (C=O) groups is 1. The maximum absolute atomic E-state index is 11.1. The highest BCUT2D eigenvalue weighted by atomic mass is 16.5. The molecule has 1 fully saturated rings. The highest BCUT2D eigenvalue weighted by molar-refractivity contribution is 5.74. The summed E-state index contributed by atoms with van der Waals surface area (Å²) >= 11 is 0. The van der Waals surface area contributed by atoms with Crippen LogP contribution in [0.15, 0.2) is 42.7 Å². The smallest absolute Gasteiger partial charge is 0.306 e. The number of rotatable bonds is 7. The number of carboxylic acids is 1. The third-order valence-corrected chi connectivity index (χ3v) is 6.47. The number of nitrogens with zero attached hydrogens (tertiary/aromatic N) is 3. The number of allylic oxidation sites excluding steroid dienone is 2. The molecule has 4 rings (SSSR count). The Hall–Kier alpha value is -2.89. The van der Waals surface area contributed by atoms with Crippen LogP contribution in [0.3, 0.4) is 0 Å². The van der Waals surface area contributed by atoms with E-state index in [0.29, 0.717) is 18.8 Å². The summed E-state index contributed by atoms with van der Waals surface area (Å²) in [6.07, 6.45) is 11.2. The molecule has 2 heterocycles. The van der Waals surface area contributed by atoms with Crippen LogP contribution < -0.4 is 9.64 Å². The third-order valence-electron chi connectivity index (χ3n) is 6.47. The molecular weight excluding hydrogens is 390 g/mol. The van der Waals surface area contributed by atoms with Gasteiger partial charge in [-0.2, -0.15) is 0 Å². The minimum atomic E-state index is -0.688. The van der Waals surface area contributed by atoms with Crippen LogP contribution in [0.25, 0.3) is 5.57 Å². The number of aromatic nitrogens is 2. The number of hydrogen-bond acceptors (Lipinski definition) is 5. The molecule has 1 unspecified atom stereocenters. The predicted molar refractivity (Wildman–Crippen MR) is 121 cm³/mol. The van der Waals surface area contributed by atoms with Gasteiger partial charge in [-0.25, -0.2) is 9.97 Å². The molecule has 0 saturated carbocycles. The average molecular weight is 422 g/mol. The minimum Gasteiger partial charge on any atom is -0.493 e. The normalized spacial score (nSPS) is 19.7. The minimum absolute atomic E-state index is 0.236. The first-order valence-electron chi connectivity index (χ1n) is 11.3. The Bertz CT molecular complexity index is 901. The molecule has 2 aromatic rings. The number of aliphatic carboxylic acids is 1. The monoisotopic (exact) mass is 421 g/mol. The zero-order chi connectivity index (χ0) is 21.6. The van der Waals surface area contributed by atoms with E-state index in [-0.39, 0.29) is 5.92 Å². The summed E-state index contributed by atoms with van der Waals surface area (Å²) in [4.78, 5) is 22.4. The maximum atomic E-state index is 11.1. The van der Waals surface area contributed by atoms with Gasteiger partial charge in [0.05, 0.1) is 12.5 Å². The van der Waals surface area contributed by atoms with Crippen molar-refractivity contribution in [2.45, 2.75) is 45.4 Å². The number of aryl methyl sites for hydroxylation is 1. The number of anilines is 1. The first-order chi connectivity index (χ1) is 15.1. The van der Waals surface area contributed by atoms with Gasteiger partial charge in [0.2, 0.25) is 5.95 Å². The number of benzene rings is 1. The molecule has 0 spiro atoms. The van der Waals surface area contributed by atoms with Crippen molar-refractivity contribution in [2.75, 3.05) is 24.6 Å². The molecule has 1 N–H and O–H groups in total. The van der Waals surface area contributed by atoms with Gasteiger partial charge < -0.3 is 14.7 Å². The Morgan fingerprint density at radius 3 is 2.42 bits per heavy atom. The molecule has 6 heteroatoms. The van der Waals surface area contributed by atoms with Crippen LogP contribution in [0.5, 0.6) is 5.75 Å². The van der Waals surface area contributed by atoms with E-state index in [1.165, 1.54) is 16.7 Å². The van der Waals surface area contributed by atoms with Crippen molar-refractivity contribution in [1.29, 1.82) is 0 Å². The molecule has 2 aliphatic rings.